The van der Waals surface area contributed by atoms with Crippen molar-refractivity contribution in [3.05, 3.63) is 107 Å². The fraction of sp³-hybridized carbons (Fsp3) is 0.381. The number of nitrogens with zero attached hydrogens (tertiary/aromatic N) is 1. The summed E-state index contributed by atoms with van der Waals surface area (Å²) >= 11 is 0. The van der Waals surface area contributed by atoms with Gasteiger partial charge in [0.1, 0.15) is 24.2 Å². The Morgan fingerprint density at radius 2 is 1.54 bits per heavy atom. The molecule has 0 aliphatic carbocycles. The molecule has 15 heteroatoms. The Kier molecular flexibility index (Phi) is 15.1. The molecule has 302 valence electrons. The number of urea groups is 1. The number of piperidine rings is 1. The molecule has 8 N–H and O–H groups in total. The predicted octanol–water partition coefficient (Wildman–Crippen LogP) is 2.83. The molecule has 0 spiro atoms. The number of hydrogen-bond donors (Lipinski definition) is 7. The fourth-order valence-corrected chi connectivity index (χ4v) is 7.03. The van der Waals surface area contributed by atoms with Crippen LogP contribution in [0.25, 0.3) is 10.9 Å². The minimum Gasteiger partial charge on any atom is -0.361 e. The van der Waals surface area contributed by atoms with Crippen molar-refractivity contribution in [1.82, 2.24) is 36.5 Å². The zero-order chi connectivity index (χ0) is 40.7. The van der Waals surface area contributed by atoms with Crippen LogP contribution in [0.2, 0.25) is 0 Å². The number of aromatic amines is 1. The summed E-state index contributed by atoms with van der Waals surface area (Å²) < 4.78 is 13.4. The van der Waals surface area contributed by atoms with Crippen molar-refractivity contribution in [3.8, 4) is 0 Å². The van der Waals surface area contributed by atoms with E-state index in [1.807, 2.05) is 61.5 Å². The average Bonchev–Trinajstić information content (AvgIpc) is 3.63. The second-order valence-electron chi connectivity index (χ2n) is 14.3. The number of benzene rings is 3. The van der Waals surface area contributed by atoms with Crippen LogP contribution in [0.3, 0.4) is 0 Å². The molecule has 57 heavy (non-hydrogen) atoms. The highest BCUT2D eigenvalue weighted by molar-refractivity contribution is 5.96. The van der Waals surface area contributed by atoms with Gasteiger partial charge in [-0.1, -0.05) is 78.4 Å². The molecule has 4 atom stereocenters. The van der Waals surface area contributed by atoms with E-state index in [0.29, 0.717) is 25.7 Å². The van der Waals surface area contributed by atoms with Gasteiger partial charge in [-0.15, -0.1) is 0 Å². The lowest BCUT2D eigenvalue weighted by Gasteiger charge is -2.37. The SMILES string of the molecule is Cc1ccc(CNC(=O)C(CCCNC(N)=O)NC(=O)C(Cc2c[nH]c3ccccc23)NC(=O)[C@@H]2CCCCN2C(=O)C(Cc2ccccc2)NC(=O)CF)cc1. The number of fused-ring (bicyclic) bond motifs is 1. The van der Waals surface area contributed by atoms with Gasteiger partial charge in [0.15, 0.2) is 6.67 Å². The van der Waals surface area contributed by atoms with Crippen molar-refractivity contribution < 1.29 is 33.2 Å². The van der Waals surface area contributed by atoms with Crippen LogP contribution in [0, 0.1) is 6.92 Å². The number of carbonyl (C=O) groups excluding carboxylic acids is 6. The molecule has 0 radical (unpaired) electrons. The van der Waals surface area contributed by atoms with E-state index in [2.05, 4.69) is 31.6 Å². The van der Waals surface area contributed by atoms with Crippen molar-refractivity contribution in [1.29, 1.82) is 0 Å². The number of H-pyrrole nitrogens is 1. The third-order valence-corrected chi connectivity index (χ3v) is 10.0. The van der Waals surface area contributed by atoms with Crippen molar-refractivity contribution in [2.45, 2.75) is 82.6 Å². The van der Waals surface area contributed by atoms with Gasteiger partial charge >= 0.3 is 6.03 Å². The molecule has 1 fully saturated rings. The third-order valence-electron chi connectivity index (χ3n) is 10.0. The van der Waals surface area contributed by atoms with Gasteiger partial charge in [-0.2, -0.15) is 0 Å². The Morgan fingerprint density at radius 3 is 2.28 bits per heavy atom. The van der Waals surface area contributed by atoms with Gasteiger partial charge in [0.05, 0.1) is 0 Å². The number of aromatic nitrogens is 1. The second-order valence-corrected chi connectivity index (χ2v) is 14.3. The third kappa shape index (κ3) is 12.1. The maximum Gasteiger partial charge on any atom is 0.312 e. The smallest absolute Gasteiger partial charge is 0.312 e. The molecule has 2 heterocycles. The molecule has 0 bridgehead atoms. The van der Waals surface area contributed by atoms with Crippen molar-refractivity contribution in [2.24, 2.45) is 5.73 Å². The van der Waals surface area contributed by atoms with Crippen LogP contribution < -0.4 is 32.3 Å². The molecule has 0 saturated carbocycles. The van der Waals surface area contributed by atoms with Crippen molar-refractivity contribution in [2.75, 3.05) is 19.8 Å². The zero-order valence-corrected chi connectivity index (χ0v) is 32.0. The van der Waals surface area contributed by atoms with Crippen LogP contribution in [0.4, 0.5) is 9.18 Å². The van der Waals surface area contributed by atoms with E-state index >= 15 is 0 Å². The van der Waals surface area contributed by atoms with Gasteiger partial charge < -0.3 is 42.2 Å². The number of nitrogens with two attached hydrogens (primary N) is 1. The van der Waals surface area contributed by atoms with E-state index in [1.54, 1.807) is 30.5 Å². The minimum atomic E-state index is -1.31. The van der Waals surface area contributed by atoms with E-state index in [-0.39, 0.29) is 38.9 Å². The lowest BCUT2D eigenvalue weighted by atomic mass is 9.97. The number of aryl methyl sites for hydroxylation is 1. The van der Waals surface area contributed by atoms with Crippen LogP contribution >= 0.6 is 0 Å². The lowest BCUT2D eigenvalue weighted by Crippen LogP contribution is -2.61. The monoisotopic (exact) mass is 782 g/mol. The lowest BCUT2D eigenvalue weighted by molar-refractivity contribution is -0.145. The van der Waals surface area contributed by atoms with Crippen LogP contribution in [0.15, 0.2) is 85.1 Å². The molecule has 3 aromatic carbocycles. The van der Waals surface area contributed by atoms with E-state index in [9.17, 15) is 33.2 Å². The molecule has 14 nitrogen and oxygen atoms in total. The minimum absolute atomic E-state index is 0.0480. The molecular weight excluding hydrogens is 732 g/mol. The predicted molar refractivity (Wildman–Crippen MR) is 213 cm³/mol. The van der Waals surface area contributed by atoms with Crippen LogP contribution in [0.1, 0.15) is 54.4 Å². The maximum absolute atomic E-state index is 14.3. The molecule has 1 aliphatic heterocycles. The number of para-hydroxylation sites is 1. The first-order valence-corrected chi connectivity index (χ1v) is 19.2. The summed E-state index contributed by atoms with van der Waals surface area (Å²) in [7, 11) is 0. The highest BCUT2D eigenvalue weighted by atomic mass is 19.1. The highest BCUT2D eigenvalue weighted by Crippen LogP contribution is 2.22. The second kappa shape index (κ2) is 20.6. The molecule has 5 rings (SSSR count). The Balaban J connectivity index is 1.38. The molecule has 4 aromatic rings. The number of hydrogen-bond acceptors (Lipinski definition) is 6. The average molecular weight is 783 g/mol. The van der Waals surface area contributed by atoms with Gasteiger partial charge in [0.2, 0.25) is 23.6 Å². The zero-order valence-electron chi connectivity index (χ0n) is 32.0. The molecule has 7 amide bonds. The van der Waals surface area contributed by atoms with Gasteiger partial charge in [0.25, 0.3) is 5.91 Å². The summed E-state index contributed by atoms with van der Waals surface area (Å²) in [5.41, 5.74) is 9.47. The Bertz CT molecular complexity index is 2010. The normalized spacial score (nSPS) is 15.5. The number of primary amides is 1. The number of likely N-dealkylation sites (tertiary alicyclic amines) is 1. The van der Waals surface area contributed by atoms with Crippen molar-refractivity contribution in [3.63, 3.8) is 0 Å². The first kappa shape index (κ1) is 41.9. The number of nitrogens with one attached hydrogen (secondary N) is 6. The molecule has 1 aromatic heterocycles. The summed E-state index contributed by atoms with van der Waals surface area (Å²) in [6, 6.07) is 19.1. The molecule has 1 saturated heterocycles. The van der Waals surface area contributed by atoms with Gasteiger partial charge in [-0.3, -0.25) is 24.0 Å². The Labute approximate surface area is 330 Å². The standard InChI is InChI=1S/C42H51FN8O6/c1-27-16-18-29(19-17-27)25-47-38(53)33(14-9-20-45-42(44)57)49-39(54)34(23-30-26-46-32-13-6-5-12-31(30)32)50-40(55)36-15-7-8-21-51(36)41(56)35(48-37(52)24-43)22-28-10-3-2-4-11-28/h2-6,10-13,16-19,26,33-36,46H,7-9,14-15,20-25H2,1H3,(H,47,53)(H,48,52)(H,49,54)(H,50,55)(H3,44,45,57)/t33?,34?,35?,36-/m0/s1. The Hall–Kier alpha value is -6.25. The topological polar surface area (TPSA) is 208 Å². The quantitative estimate of drug-likeness (QED) is 0.0755. The highest BCUT2D eigenvalue weighted by Gasteiger charge is 2.38. The summed E-state index contributed by atoms with van der Waals surface area (Å²) in [6.07, 6.45) is 3.89. The first-order chi connectivity index (χ1) is 27.5. The van der Waals surface area contributed by atoms with Crippen LogP contribution in [0.5, 0.6) is 0 Å². The fourth-order valence-electron chi connectivity index (χ4n) is 7.03. The van der Waals surface area contributed by atoms with Crippen molar-refractivity contribution >= 4 is 46.5 Å². The number of amides is 7. The molecule has 3 unspecified atom stereocenters. The van der Waals surface area contributed by atoms with E-state index in [1.165, 1.54) is 4.90 Å². The number of alkyl halides is 1. The maximum atomic E-state index is 14.3. The van der Waals surface area contributed by atoms with Crippen LogP contribution in [-0.4, -0.2) is 89.4 Å². The summed E-state index contributed by atoms with van der Waals surface area (Å²) in [5.74, 6) is -3.14. The van der Waals surface area contributed by atoms with E-state index in [0.717, 1.165) is 33.2 Å². The van der Waals surface area contributed by atoms with Gasteiger partial charge in [-0.25, -0.2) is 9.18 Å². The van der Waals surface area contributed by atoms with E-state index < -0.39 is 66.4 Å². The first-order valence-electron chi connectivity index (χ1n) is 19.2. The summed E-state index contributed by atoms with van der Waals surface area (Å²) in [5, 5.41) is 14.4. The number of rotatable bonds is 18. The summed E-state index contributed by atoms with van der Waals surface area (Å²) in [6.45, 7) is 1.25. The molecular formula is C42H51FN8O6. The largest absolute Gasteiger partial charge is 0.361 e. The molecule has 1 aliphatic rings. The van der Waals surface area contributed by atoms with Gasteiger partial charge in [0, 0.05) is 49.6 Å². The van der Waals surface area contributed by atoms with Crippen LogP contribution in [-0.2, 0) is 43.4 Å². The van der Waals surface area contributed by atoms with E-state index in [4.69, 9.17) is 5.73 Å². The number of carbonyl (C=O) groups is 6. The van der Waals surface area contributed by atoms with Gasteiger partial charge in [-0.05, 0) is 61.8 Å². The summed E-state index contributed by atoms with van der Waals surface area (Å²) in [4.78, 5) is 84.4. The Morgan fingerprint density at radius 1 is 0.807 bits per heavy atom. The number of halogens is 1.